The van der Waals surface area contributed by atoms with Crippen molar-refractivity contribution in [1.29, 1.82) is 0 Å². The van der Waals surface area contributed by atoms with Crippen molar-refractivity contribution in [2.75, 3.05) is 19.0 Å². The summed E-state index contributed by atoms with van der Waals surface area (Å²) in [7, 11) is -2.41. The van der Waals surface area contributed by atoms with Gasteiger partial charge in [-0.15, -0.1) is 0 Å². The van der Waals surface area contributed by atoms with E-state index < -0.39 is 15.7 Å². The number of sulfone groups is 1. The van der Waals surface area contributed by atoms with E-state index in [4.69, 9.17) is 4.74 Å². The summed E-state index contributed by atoms with van der Waals surface area (Å²) < 4.78 is 46.6. The van der Waals surface area contributed by atoms with Gasteiger partial charge in [0.25, 0.3) is 0 Å². The summed E-state index contributed by atoms with van der Waals surface area (Å²) in [5.41, 5.74) is 1.25. The third kappa shape index (κ3) is 4.22. The van der Waals surface area contributed by atoms with Crippen molar-refractivity contribution >= 4 is 21.6 Å². The van der Waals surface area contributed by atoms with E-state index in [2.05, 4.69) is 5.32 Å². The Balaban J connectivity index is 2.69. The largest absolute Gasteiger partial charge is 0.383 e. The van der Waals surface area contributed by atoms with Gasteiger partial charge in [0.1, 0.15) is 16.5 Å². The number of halogens is 1. The quantitative estimate of drug-likeness (QED) is 0.729. The van der Waals surface area contributed by atoms with Crippen molar-refractivity contribution in [2.45, 2.75) is 44.0 Å². The average Bonchev–Trinajstić information content (AvgIpc) is 2.84. The van der Waals surface area contributed by atoms with Crippen molar-refractivity contribution in [3.63, 3.8) is 0 Å². The summed E-state index contributed by atoms with van der Waals surface area (Å²) in [4.78, 5) is 12.3. The van der Waals surface area contributed by atoms with Gasteiger partial charge in [0.15, 0.2) is 0 Å². The Morgan fingerprint density at radius 3 is 2.33 bits per heavy atom. The number of methoxy groups -OCH3 is 1. The Kier molecular flexibility index (Phi) is 6.43. The molecule has 0 unspecified atom stereocenters. The molecule has 8 heteroatoms. The fourth-order valence-corrected chi connectivity index (χ4v) is 4.44. The number of amides is 1. The van der Waals surface area contributed by atoms with Crippen molar-refractivity contribution in [3.8, 4) is 0 Å². The second-order valence-electron chi connectivity index (χ2n) is 6.63. The summed E-state index contributed by atoms with van der Waals surface area (Å²) in [6, 6.07) is 4.65. The van der Waals surface area contributed by atoms with Gasteiger partial charge in [-0.1, -0.05) is 13.8 Å². The highest BCUT2D eigenvalue weighted by atomic mass is 32.2. The second kappa shape index (κ2) is 8.22. The van der Waals surface area contributed by atoms with Crippen molar-refractivity contribution in [1.82, 2.24) is 4.57 Å². The predicted octanol–water partition coefficient (Wildman–Crippen LogP) is 3.32. The topological polar surface area (TPSA) is 77.4 Å². The number of hydrogen-bond donors (Lipinski definition) is 1. The van der Waals surface area contributed by atoms with Gasteiger partial charge in [-0.2, -0.15) is 0 Å². The van der Waals surface area contributed by atoms with Gasteiger partial charge in [0.05, 0.1) is 11.5 Å². The lowest BCUT2D eigenvalue weighted by Crippen LogP contribution is -2.22. The number of nitrogens with one attached hydrogen (secondary N) is 1. The highest BCUT2D eigenvalue weighted by Gasteiger charge is 2.30. The lowest BCUT2D eigenvalue weighted by molar-refractivity contribution is -0.118. The summed E-state index contributed by atoms with van der Waals surface area (Å²) in [5.74, 6) is -0.919. The summed E-state index contributed by atoms with van der Waals surface area (Å²) in [6.45, 7) is 7.68. The van der Waals surface area contributed by atoms with E-state index in [1.807, 2.05) is 0 Å². The van der Waals surface area contributed by atoms with Gasteiger partial charge in [-0.3, -0.25) is 4.79 Å². The molecule has 0 saturated heterocycles. The molecule has 0 aliphatic carbocycles. The molecule has 148 valence electrons. The minimum Gasteiger partial charge on any atom is -0.383 e. The molecule has 0 bridgehead atoms. The molecule has 1 amide bonds. The Bertz CT molecular complexity index is 932. The number of hydrogen-bond acceptors (Lipinski definition) is 4. The number of benzene rings is 1. The van der Waals surface area contributed by atoms with E-state index in [-0.39, 0.29) is 27.4 Å². The lowest BCUT2D eigenvalue weighted by atomic mass is 10.2. The molecule has 0 aliphatic rings. The SMILES string of the molecule is COCCn1c(C)c(C)c(S(=O)(=O)c2ccc(F)cc2)c1NC(=O)C(C)C. The minimum absolute atomic E-state index is 0.0247. The predicted molar refractivity (Wildman–Crippen MR) is 101 cm³/mol. The van der Waals surface area contributed by atoms with Crippen LogP contribution in [0.1, 0.15) is 25.1 Å². The maximum atomic E-state index is 13.3. The van der Waals surface area contributed by atoms with E-state index in [9.17, 15) is 17.6 Å². The number of aromatic nitrogens is 1. The molecule has 27 heavy (non-hydrogen) atoms. The van der Waals surface area contributed by atoms with E-state index in [0.717, 1.165) is 12.1 Å². The van der Waals surface area contributed by atoms with Gasteiger partial charge >= 0.3 is 0 Å². The van der Waals surface area contributed by atoms with Gasteiger partial charge in [-0.25, -0.2) is 12.8 Å². The maximum absolute atomic E-state index is 13.3. The van der Waals surface area contributed by atoms with Crippen molar-refractivity contribution in [3.05, 3.63) is 41.3 Å². The molecule has 6 nitrogen and oxygen atoms in total. The minimum atomic E-state index is -3.96. The molecular weight excluding hydrogens is 371 g/mol. The molecule has 0 fully saturated rings. The number of nitrogens with zero attached hydrogens (tertiary/aromatic N) is 1. The smallest absolute Gasteiger partial charge is 0.228 e. The van der Waals surface area contributed by atoms with E-state index in [1.54, 1.807) is 39.4 Å². The van der Waals surface area contributed by atoms with Crippen LogP contribution in [0, 0.1) is 25.6 Å². The number of carbonyl (C=O) groups excluding carboxylic acids is 1. The van der Waals surface area contributed by atoms with Crippen molar-refractivity contribution in [2.24, 2.45) is 5.92 Å². The van der Waals surface area contributed by atoms with E-state index in [1.165, 1.54) is 12.1 Å². The molecule has 0 spiro atoms. The molecular formula is C19H25FN2O4S. The summed E-state index contributed by atoms with van der Waals surface area (Å²) in [6.07, 6.45) is 0. The number of anilines is 1. The second-order valence-corrected chi connectivity index (χ2v) is 8.52. The van der Waals surface area contributed by atoms with Crippen LogP contribution in [0.15, 0.2) is 34.1 Å². The van der Waals surface area contributed by atoms with Crippen LogP contribution >= 0.6 is 0 Å². The Morgan fingerprint density at radius 1 is 1.22 bits per heavy atom. The fraction of sp³-hybridized carbons (Fsp3) is 0.421. The number of carbonyl (C=O) groups is 1. The highest BCUT2D eigenvalue weighted by molar-refractivity contribution is 7.91. The van der Waals surface area contributed by atoms with Crippen LogP contribution in [0.3, 0.4) is 0 Å². The third-order valence-electron chi connectivity index (χ3n) is 4.45. The molecule has 0 radical (unpaired) electrons. The summed E-state index contributed by atoms with van der Waals surface area (Å²) >= 11 is 0. The fourth-order valence-electron chi connectivity index (χ4n) is 2.74. The molecule has 1 aromatic heterocycles. The normalized spacial score (nSPS) is 11.8. The Labute approximate surface area is 159 Å². The molecule has 2 aromatic rings. The van der Waals surface area contributed by atoms with Crippen LogP contribution in [0.5, 0.6) is 0 Å². The summed E-state index contributed by atoms with van der Waals surface area (Å²) in [5, 5.41) is 2.75. The molecule has 1 heterocycles. The zero-order valence-corrected chi connectivity index (χ0v) is 17.0. The third-order valence-corrected chi connectivity index (χ3v) is 6.38. The molecule has 1 aromatic carbocycles. The Hall–Kier alpha value is -2.19. The van der Waals surface area contributed by atoms with Crippen LogP contribution in [0.25, 0.3) is 0 Å². The lowest BCUT2D eigenvalue weighted by Gasteiger charge is -2.15. The highest BCUT2D eigenvalue weighted by Crippen LogP contribution is 2.35. The van der Waals surface area contributed by atoms with Crippen LogP contribution in [-0.4, -0.2) is 32.6 Å². The standard InChI is InChI=1S/C19H25FN2O4S/c1-12(2)19(23)21-18-17(13(3)14(4)22(18)10-11-26-5)27(24,25)16-8-6-15(20)7-9-16/h6-9,12H,10-11H2,1-5H3,(H,21,23). The van der Waals surface area contributed by atoms with Crippen LogP contribution < -0.4 is 5.32 Å². The monoisotopic (exact) mass is 396 g/mol. The van der Waals surface area contributed by atoms with Crippen LogP contribution in [-0.2, 0) is 25.9 Å². The van der Waals surface area contributed by atoms with Gasteiger partial charge in [-0.05, 0) is 43.7 Å². The van der Waals surface area contributed by atoms with Crippen LogP contribution in [0.2, 0.25) is 0 Å². The average molecular weight is 396 g/mol. The molecule has 2 rings (SSSR count). The van der Waals surface area contributed by atoms with Crippen LogP contribution in [0.4, 0.5) is 10.2 Å². The Morgan fingerprint density at radius 2 is 1.81 bits per heavy atom. The molecule has 0 atom stereocenters. The van der Waals surface area contributed by atoms with E-state index >= 15 is 0 Å². The molecule has 0 aliphatic heterocycles. The molecule has 0 saturated carbocycles. The first-order chi connectivity index (χ1) is 12.6. The maximum Gasteiger partial charge on any atom is 0.228 e. The zero-order chi connectivity index (χ0) is 20.4. The van der Waals surface area contributed by atoms with Crippen molar-refractivity contribution < 1.29 is 22.3 Å². The van der Waals surface area contributed by atoms with Gasteiger partial charge in [0.2, 0.25) is 15.7 Å². The first kappa shape index (κ1) is 21.1. The first-order valence-electron chi connectivity index (χ1n) is 8.61. The number of rotatable bonds is 7. The molecule has 1 N–H and O–H groups in total. The van der Waals surface area contributed by atoms with Gasteiger partial charge < -0.3 is 14.6 Å². The number of ether oxygens (including phenoxy) is 1. The van der Waals surface area contributed by atoms with Gasteiger partial charge in [0, 0.05) is 25.3 Å². The first-order valence-corrected chi connectivity index (χ1v) is 10.1. The van der Waals surface area contributed by atoms with E-state index in [0.29, 0.717) is 24.4 Å². The zero-order valence-electron chi connectivity index (χ0n) is 16.2.